The van der Waals surface area contributed by atoms with E-state index in [1.807, 2.05) is 6.92 Å². The van der Waals surface area contributed by atoms with E-state index in [1.54, 1.807) is 4.90 Å². The summed E-state index contributed by atoms with van der Waals surface area (Å²) in [5, 5.41) is 11.2. The number of carboxylic acids is 1. The van der Waals surface area contributed by atoms with Gasteiger partial charge in [0.05, 0.1) is 0 Å². The first kappa shape index (κ1) is 12.8. The molecular weight excluding hydrogens is 208 g/mol. The van der Waals surface area contributed by atoms with Gasteiger partial charge in [0.1, 0.15) is 6.04 Å². The third-order valence-corrected chi connectivity index (χ3v) is 3.09. The molecule has 1 aliphatic heterocycles. The highest BCUT2D eigenvalue weighted by Gasteiger charge is 2.28. The number of hydrogen-bond donors (Lipinski definition) is 2. The highest BCUT2D eigenvalue weighted by Crippen LogP contribution is 2.21. The Labute approximate surface area is 95.8 Å². The number of likely N-dealkylation sites (tertiary alicyclic amines) is 1. The Morgan fingerprint density at radius 3 is 2.56 bits per heavy atom. The van der Waals surface area contributed by atoms with Gasteiger partial charge in [-0.25, -0.2) is 4.79 Å². The highest BCUT2D eigenvalue weighted by molar-refractivity contribution is 5.82. The van der Waals surface area contributed by atoms with Gasteiger partial charge >= 0.3 is 12.0 Å². The van der Waals surface area contributed by atoms with Crippen LogP contribution >= 0.6 is 0 Å². The average Bonchev–Trinajstić information content (AvgIpc) is 2.21. The van der Waals surface area contributed by atoms with Gasteiger partial charge in [0, 0.05) is 12.6 Å². The summed E-state index contributed by atoms with van der Waals surface area (Å²) < 4.78 is 0. The molecule has 0 aromatic heterocycles. The van der Waals surface area contributed by atoms with Crippen molar-refractivity contribution in [3.8, 4) is 0 Å². The number of aliphatic carboxylic acids is 1. The van der Waals surface area contributed by atoms with Crippen LogP contribution in [-0.4, -0.2) is 40.6 Å². The number of amides is 2. The molecular formula is C11H20N2O3. The van der Waals surface area contributed by atoms with Gasteiger partial charge in [-0.1, -0.05) is 6.92 Å². The van der Waals surface area contributed by atoms with Gasteiger partial charge in [0.2, 0.25) is 0 Å². The molecule has 1 heterocycles. The Morgan fingerprint density at radius 2 is 2.00 bits per heavy atom. The van der Waals surface area contributed by atoms with Crippen LogP contribution in [0.5, 0.6) is 0 Å². The first-order valence-electron chi connectivity index (χ1n) is 5.71. The van der Waals surface area contributed by atoms with Crippen LogP contribution in [0.1, 0.15) is 33.6 Å². The van der Waals surface area contributed by atoms with Crippen LogP contribution in [0.3, 0.4) is 0 Å². The normalized spacial score (nSPS) is 27.3. The average molecular weight is 228 g/mol. The van der Waals surface area contributed by atoms with Crippen LogP contribution in [0.25, 0.3) is 0 Å². The SMILES string of the molecule is CC1CCC(C)N(C(=O)N[C@H](C)C(=O)O)C1. The second-order valence-corrected chi connectivity index (χ2v) is 4.69. The molecule has 2 amide bonds. The van der Waals surface area contributed by atoms with E-state index in [0.717, 1.165) is 12.8 Å². The molecule has 0 radical (unpaired) electrons. The zero-order chi connectivity index (χ0) is 12.3. The van der Waals surface area contributed by atoms with Crippen LogP contribution < -0.4 is 5.32 Å². The lowest BCUT2D eigenvalue weighted by molar-refractivity contribution is -0.138. The number of nitrogens with zero attached hydrogens (tertiary/aromatic N) is 1. The second kappa shape index (κ2) is 5.18. The van der Waals surface area contributed by atoms with Gasteiger partial charge in [-0.15, -0.1) is 0 Å². The van der Waals surface area contributed by atoms with Gasteiger partial charge in [-0.3, -0.25) is 4.79 Å². The van der Waals surface area contributed by atoms with Crippen LogP contribution in [-0.2, 0) is 4.79 Å². The minimum atomic E-state index is -1.01. The number of nitrogens with one attached hydrogen (secondary N) is 1. The minimum Gasteiger partial charge on any atom is -0.480 e. The lowest BCUT2D eigenvalue weighted by Crippen LogP contribution is -2.52. The van der Waals surface area contributed by atoms with E-state index in [9.17, 15) is 9.59 Å². The molecule has 2 unspecified atom stereocenters. The summed E-state index contributed by atoms with van der Waals surface area (Å²) in [6.45, 7) is 6.28. The molecule has 16 heavy (non-hydrogen) atoms. The van der Waals surface area contributed by atoms with Crippen molar-refractivity contribution < 1.29 is 14.7 Å². The maximum atomic E-state index is 11.8. The smallest absolute Gasteiger partial charge is 0.325 e. The second-order valence-electron chi connectivity index (χ2n) is 4.69. The van der Waals surface area contributed by atoms with Crippen molar-refractivity contribution in [2.24, 2.45) is 5.92 Å². The fourth-order valence-electron chi connectivity index (χ4n) is 1.90. The molecule has 0 spiro atoms. The highest BCUT2D eigenvalue weighted by atomic mass is 16.4. The van der Waals surface area contributed by atoms with Crippen molar-refractivity contribution in [3.63, 3.8) is 0 Å². The van der Waals surface area contributed by atoms with Crippen molar-refractivity contribution in [2.75, 3.05) is 6.54 Å². The Morgan fingerprint density at radius 1 is 1.38 bits per heavy atom. The zero-order valence-corrected chi connectivity index (χ0v) is 10.1. The molecule has 1 saturated heterocycles. The van der Waals surface area contributed by atoms with Crippen molar-refractivity contribution in [1.82, 2.24) is 10.2 Å². The van der Waals surface area contributed by atoms with E-state index < -0.39 is 12.0 Å². The van der Waals surface area contributed by atoms with Gasteiger partial charge in [-0.2, -0.15) is 0 Å². The van der Waals surface area contributed by atoms with Crippen molar-refractivity contribution in [2.45, 2.75) is 45.7 Å². The topological polar surface area (TPSA) is 69.6 Å². The summed E-state index contributed by atoms with van der Waals surface area (Å²) in [5.41, 5.74) is 0. The van der Waals surface area contributed by atoms with Gasteiger partial charge in [0.25, 0.3) is 0 Å². The van der Waals surface area contributed by atoms with Crippen molar-refractivity contribution in [3.05, 3.63) is 0 Å². The molecule has 1 fully saturated rings. The molecule has 1 rings (SSSR count). The van der Waals surface area contributed by atoms with Gasteiger partial charge in [0.15, 0.2) is 0 Å². The summed E-state index contributed by atoms with van der Waals surface area (Å²) >= 11 is 0. The fraction of sp³-hybridized carbons (Fsp3) is 0.818. The van der Waals surface area contributed by atoms with Crippen molar-refractivity contribution >= 4 is 12.0 Å². The van der Waals surface area contributed by atoms with Gasteiger partial charge < -0.3 is 15.3 Å². The molecule has 0 saturated carbocycles. The monoisotopic (exact) mass is 228 g/mol. The number of urea groups is 1. The summed E-state index contributed by atoms with van der Waals surface area (Å²) in [7, 11) is 0. The van der Waals surface area contributed by atoms with E-state index in [-0.39, 0.29) is 12.1 Å². The molecule has 1 aliphatic rings. The number of carbonyl (C=O) groups excluding carboxylic acids is 1. The quantitative estimate of drug-likeness (QED) is 0.748. The van der Waals surface area contributed by atoms with Crippen LogP contribution in [0.4, 0.5) is 4.79 Å². The van der Waals surface area contributed by atoms with E-state index >= 15 is 0 Å². The summed E-state index contributed by atoms with van der Waals surface area (Å²) in [6.07, 6.45) is 2.11. The zero-order valence-electron chi connectivity index (χ0n) is 10.1. The largest absolute Gasteiger partial charge is 0.480 e. The molecule has 2 N–H and O–H groups in total. The molecule has 92 valence electrons. The van der Waals surface area contributed by atoms with E-state index in [4.69, 9.17) is 5.11 Å². The third-order valence-electron chi connectivity index (χ3n) is 3.09. The number of carboxylic acid groups (broad SMARTS) is 1. The number of hydrogen-bond acceptors (Lipinski definition) is 2. The predicted octanol–water partition coefficient (Wildman–Crippen LogP) is 1.29. The van der Waals surface area contributed by atoms with Crippen molar-refractivity contribution in [1.29, 1.82) is 0 Å². The lowest BCUT2D eigenvalue weighted by atomic mass is 9.95. The standard InChI is InChI=1S/C11H20N2O3/c1-7-4-5-8(2)13(6-7)11(16)12-9(3)10(14)15/h7-9H,4-6H2,1-3H3,(H,12,16)(H,14,15)/t7?,8?,9-/m1/s1. The molecule has 3 atom stereocenters. The number of piperidine rings is 1. The maximum Gasteiger partial charge on any atom is 0.325 e. The Bertz CT molecular complexity index is 280. The van der Waals surface area contributed by atoms with Crippen LogP contribution in [0, 0.1) is 5.92 Å². The van der Waals surface area contributed by atoms with E-state index in [0.29, 0.717) is 12.5 Å². The maximum absolute atomic E-state index is 11.8. The fourth-order valence-corrected chi connectivity index (χ4v) is 1.90. The Balaban J connectivity index is 2.55. The van der Waals surface area contributed by atoms with E-state index in [2.05, 4.69) is 12.2 Å². The predicted molar refractivity (Wildman–Crippen MR) is 60.2 cm³/mol. The number of rotatable bonds is 2. The molecule has 5 heteroatoms. The summed E-state index contributed by atoms with van der Waals surface area (Å²) in [6, 6.07) is -0.914. The third kappa shape index (κ3) is 3.12. The Hall–Kier alpha value is -1.26. The van der Waals surface area contributed by atoms with Gasteiger partial charge in [-0.05, 0) is 32.6 Å². The molecule has 0 aromatic rings. The lowest BCUT2D eigenvalue weighted by Gasteiger charge is -2.37. The molecule has 0 aromatic carbocycles. The first-order valence-corrected chi connectivity index (χ1v) is 5.71. The summed E-state index contributed by atoms with van der Waals surface area (Å²) in [5.74, 6) is -0.520. The van der Waals surface area contributed by atoms with Crippen LogP contribution in [0.15, 0.2) is 0 Å². The van der Waals surface area contributed by atoms with E-state index in [1.165, 1.54) is 6.92 Å². The molecule has 5 nitrogen and oxygen atoms in total. The minimum absolute atomic E-state index is 0.192. The molecule has 0 bridgehead atoms. The first-order chi connectivity index (χ1) is 7.41. The van der Waals surface area contributed by atoms with Crippen LogP contribution in [0.2, 0.25) is 0 Å². The number of carbonyl (C=O) groups is 2. The molecule has 0 aliphatic carbocycles. The Kier molecular flexibility index (Phi) is 4.15. The summed E-state index contributed by atoms with van der Waals surface area (Å²) in [4.78, 5) is 24.2.